The molecule has 0 fully saturated rings. The molecule has 2 heterocycles. The van der Waals surface area contributed by atoms with Crippen LogP contribution < -0.4 is 10.1 Å². The zero-order valence-corrected chi connectivity index (χ0v) is 14.8. The average Bonchev–Trinajstić information content (AvgIpc) is 2.67. The average molecular weight is 355 g/mol. The molecule has 3 rings (SSSR count). The first-order chi connectivity index (χ1) is 12.6. The van der Waals surface area contributed by atoms with Crippen molar-refractivity contribution in [3.05, 3.63) is 53.3 Å². The van der Waals surface area contributed by atoms with Crippen LogP contribution in [0.4, 0.5) is 10.5 Å². The smallest absolute Gasteiger partial charge is 0.410 e. The van der Waals surface area contributed by atoms with E-state index in [9.17, 15) is 9.59 Å². The number of pyridine rings is 1. The van der Waals surface area contributed by atoms with Crippen LogP contribution in [0.2, 0.25) is 0 Å². The van der Waals surface area contributed by atoms with Gasteiger partial charge in [0.1, 0.15) is 5.75 Å². The number of rotatable bonds is 4. The van der Waals surface area contributed by atoms with Crippen molar-refractivity contribution in [2.24, 2.45) is 0 Å². The molecule has 1 N–H and O–H groups in total. The van der Waals surface area contributed by atoms with Crippen LogP contribution >= 0.6 is 0 Å². The van der Waals surface area contributed by atoms with Gasteiger partial charge in [-0.05, 0) is 48.7 Å². The summed E-state index contributed by atoms with van der Waals surface area (Å²) in [5.74, 6) is 0.505. The Morgan fingerprint density at radius 3 is 2.69 bits per heavy atom. The number of amides is 2. The molecule has 1 aromatic heterocycles. The third-order valence-corrected chi connectivity index (χ3v) is 4.26. The number of anilines is 1. The lowest BCUT2D eigenvalue weighted by Gasteiger charge is -2.28. The predicted octanol–water partition coefficient (Wildman–Crippen LogP) is 2.86. The number of benzene rings is 1. The van der Waals surface area contributed by atoms with Crippen molar-refractivity contribution in [3.8, 4) is 5.75 Å². The zero-order chi connectivity index (χ0) is 18.5. The molecule has 0 bridgehead atoms. The van der Waals surface area contributed by atoms with E-state index in [1.807, 2.05) is 0 Å². The second-order valence-electron chi connectivity index (χ2n) is 5.88. The van der Waals surface area contributed by atoms with E-state index in [2.05, 4.69) is 10.3 Å². The first-order valence-corrected chi connectivity index (χ1v) is 8.45. The molecule has 1 aliphatic heterocycles. The summed E-state index contributed by atoms with van der Waals surface area (Å²) < 4.78 is 10.2. The normalized spacial score (nSPS) is 12.9. The molecule has 0 radical (unpaired) electrons. The highest BCUT2D eigenvalue weighted by Crippen LogP contribution is 2.23. The van der Waals surface area contributed by atoms with E-state index < -0.39 is 0 Å². The van der Waals surface area contributed by atoms with Gasteiger partial charge in [0.05, 0.1) is 25.8 Å². The van der Waals surface area contributed by atoms with Crippen LogP contribution in [0, 0.1) is 0 Å². The van der Waals surface area contributed by atoms with Crippen LogP contribution in [0.25, 0.3) is 0 Å². The molecule has 2 aromatic rings. The summed E-state index contributed by atoms with van der Waals surface area (Å²) in [6.45, 7) is 3.02. The standard InChI is InChI=1S/C19H21N3O4/c1-3-26-19(24)22-9-8-16-13(12-22)10-20-11-17(16)18(23)21-14-4-6-15(25-2)7-5-14/h4-7,10-11H,3,8-9,12H2,1-2H3,(H,21,23). The maximum atomic E-state index is 12.7. The maximum absolute atomic E-state index is 12.7. The zero-order valence-electron chi connectivity index (χ0n) is 14.8. The van der Waals surface area contributed by atoms with Crippen LogP contribution in [-0.2, 0) is 17.7 Å². The maximum Gasteiger partial charge on any atom is 0.410 e. The molecule has 2 amide bonds. The van der Waals surface area contributed by atoms with Crippen molar-refractivity contribution < 1.29 is 19.1 Å². The van der Waals surface area contributed by atoms with Crippen molar-refractivity contribution in [3.63, 3.8) is 0 Å². The van der Waals surface area contributed by atoms with Crippen LogP contribution in [0.1, 0.15) is 28.4 Å². The second-order valence-corrected chi connectivity index (χ2v) is 5.88. The highest BCUT2D eigenvalue weighted by atomic mass is 16.6. The number of methoxy groups -OCH3 is 1. The fourth-order valence-electron chi connectivity index (χ4n) is 2.93. The van der Waals surface area contributed by atoms with Crippen LogP contribution in [-0.4, -0.2) is 42.1 Å². The third kappa shape index (κ3) is 3.77. The van der Waals surface area contributed by atoms with Gasteiger partial charge in [0.15, 0.2) is 0 Å². The van der Waals surface area contributed by atoms with E-state index >= 15 is 0 Å². The number of fused-ring (bicyclic) bond motifs is 1. The Morgan fingerprint density at radius 2 is 2.00 bits per heavy atom. The Balaban J connectivity index is 1.76. The quantitative estimate of drug-likeness (QED) is 0.912. The molecule has 0 saturated carbocycles. The molecule has 0 atom stereocenters. The van der Waals surface area contributed by atoms with Gasteiger partial charge in [0.2, 0.25) is 0 Å². The van der Waals surface area contributed by atoms with Crippen molar-refractivity contribution >= 4 is 17.7 Å². The van der Waals surface area contributed by atoms with Crippen molar-refractivity contribution in [2.45, 2.75) is 19.9 Å². The summed E-state index contributed by atoms with van der Waals surface area (Å²) in [6.07, 6.45) is 3.51. The molecular formula is C19H21N3O4. The molecule has 7 heteroatoms. The molecule has 1 aromatic carbocycles. The summed E-state index contributed by atoms with van der Waals surface area (Å²) in [6, 6.07) is 7.13. The Bertz CT molecular complexity index is 805. The lowest BCUT2D eigenvalue weighted by Crippen LogP contribution is -2.37. The van der Waals surface area contributed by atoms with E-state index in [0.29, 0.717) is 37.4 Å². The second kappa shape index (κ2) is 7.86. The highest BCUT2D eigenvalue weighted by Gasteiger charge is 2.25. The number of nitrogens with one attached hydrogen (secondary N) is 1. The molecule has 136 valence electrons. The molecule has 7 nitrogen and oxygen atoms in total. The predicted molar refractivity (Wildman–Crippen MR) is 96.3 cm³/mol. The third-order valence-electron chi connectivity index (χ3n) is 4.26. The van der Waals surface area contributed by atoms with E-state index in [0.717, 1.165) is 16.9 Å². The van der Waals surface area contributed by atoms with Crippen LogP contribution in [0.3, 0.4) is 0 Å². The van der Waals surface area contributed by atoms with Gasteiger partial charge < -0.3 is 19.7 Å². The number of ether oxygens (including phenoxy) is 2. The van der Waals surface area contributed by atoms with Crippen molar-refractivity contribution in [2.75, 3.05) is 25.6 Å². The van der Waals surface area contributed by atoms with Gasteiger partial charge >= 0.3 is 6.09 Å². The van der Waals surface area contributed by atoms with Gasteiger partial charge in [0.25, 0.3) is 5.91 Å². The van der Waals surface area contributed by atoms with E-state index in [1.165, 1.54) is 0 Å². The Labute approximate surface area is 151 Å². The van der Waals surface area contributed by atoms with Gasteiger partial charge in [0, 0.05) is 24.6 Å². The van der Waals surface area contributed by atoms with Gasteiger partial charge in [-0.15, -0.1) is 0 Å². The highest BCUT2D eigenvalue weighted by molar-refractivity contribution is 6.05. The first-order valence-electron chi connectivity index (χ1n) is 8.45. The van der Waals surface area contributed by atoms with Crippen LogP contribution in [0.5, 0.6) is 5.75 Å². The minimum Gasteiger partial charge on any atom is -0.497 e. The van der Waals surface area contributed by atoms with Gasteiger partial charge in [-0.25, -0.2) is 4.79 Å². The molecule has 0 unspecified atom stereocenters. The van der Waals surface area contributed by atoms with Gasteiger partial charge in [-0.1, -0.05) is 0 Å². The lowest BCUT2D eigenvalue weighted by molar-refractivity contribution is 0.101. The lowest BCUT2D eigenvalue weighted by atomic mass is 9.97. The number of nitrogens with zero attached hydrogens (tertiary/aromatic N) is 2. The molecule has 0 aliphatic carbocycles. The number of hydrogen-bond donors (Lipinski definition) is 1. The van der Waals surface area contributed by atoms with E-state index in [4.69, 9.17) is 9.47 Å². The number of carbonyl (C=O) groups excluding carboxylic acids is 2. The minimum absolute atomic E-state index is 0.218. The fourth-order valence-corrected chi connectivity index (χ4v) is 2.93. The monoisotopic (exact) mass is 355 g/mol. The molecular weight excluding hydrogens is 334 g/mol. The summed E-state index contributed by atoms with van der Waals surface area (Å²) in [4.78, 5) is 30.4. The number of carbonyl (C=O) groups is 2. The Morgan fingerprint density at radius 1 is 1.23 bits per heavy atom. The van der Waals surface area contributed by atoms with E-state index in [1.54, 1.807) is 55.6 Å². The molecule has 26 heavy (non-hydrogen) atoms. The topological polar surface area (TPSA) is 80.8 Å². The SMILES string of the molecule is CCOC(=O)N1CCc2c(cncc2C(=O)Nc2ccc(OC)cc2)C1. The summed E-state index contributed by atoms with van der Waals surface area (Å²) in [7, 11) is 1.59. The Hall–Kier alpha value is -3.09. The fraction of sp³-hybridized carbons (Fsp3) is 0.316. The van der Waals surface area contributed by atoms with Gasteiger partial charge in [-0.3, -0.25) is 9.78 Å². The van der Waals surface area contributed by atoms with Crippen molar-refractivity contribution in [1.29, 1.82) is 0 Å². The van der Waals surface area contributed by atoms with Crippen LogP contribution in [0.15, 0.2) is 36.7 Å². The first kappa shape index (κ1) is 17.7. The van der Waals surface area contributed by atoms with E-state index in [-0.39, 0.29) is 12.0 Å². The molecule has 1 aliphatic rings. The summed E-state index contributed by atoms with van der Waals surface area (Å²) in [5, 5.41) is 2.87. The Kier molecular flexibility index (Phi) is 5.36. The summed E-state index contributed by atoms with van der Waals surface area (Å²) in [5.41, 5.74) is 3.00. The van der Waals surface area contributed by atoms with Gasteiger partial charge in [-0.2, -0.15) is 0 Å². The molecule has 0 spiro atoms. The number of hydrogen-bond acceptors (Lipinski definition) is 5. The molecule has 0 saturated heterocycles. The minimum atomic E-state index is -0.341. The number of aromatic nitrogens is 1. The van der Waals surface area contributed by atoms with Crippen molar-refractivity contribution in [1.82, 2.24) is 9.88 Å². The summed E-state index contributed by atoms with van der Waals surface area (Å²) >= 11 is 0. The largest absolute Gasteiger partial charge is 0.497 e.